The van der Waals surface area contributed by atoms with Crippen LogP contribution in [0.2, 0.25) is 5.02 Å². The first kappa shape index (κ1) is 20.1. The SMILES string of the molecule is C=CCn1c(SCC(=O)Nc2ccc(F)c(Cl)c2)nc2sc3c(c2c1=O)CCC3. The van der Waals surface area contributed by atoms with Crippen LogP contribution in [0.4, 0.5) is 10.1 Å². The van der Waals surface area contributed by atoms with Gasteiger partial charge < -0.3 is 5.32 Å². The number of aromatic nitrogens is 2. The number of nitrogens with zero attached hydrogens (tertiary/aromatic N) is 2. The van der Waals surface area contributed by atoms with Crippen molar-refractivity contribution >= 4 is 56.5 Å². The topological polar surface area (TPSA) is 64.0 Å². The van der Waals surface area contributed by atoms with Gasteiger partial charge in [-0.25, -0.2) is 9.37 Å². The van der Waals surface area contributed by atoms with Crippen molar-refractivity contribution in [2.75, 3.05) is 11.1 Å². The molecular formula is C20H17ClFN3O2S2. The molecule has 0 unspecified atom stereocenters. The van der Waals surface area contributed by atoms with Crippen LogP contribution in [0.3, 0.4) is 0 Å². The number of benzene rings is 1. The number of carbonyl (C=O) groups is 1. The number of aryl methyl sites for hydroxylation is 2. The van der Waals surface area contributed by atoms with Gasteiger partial charge in [0.2, 0.25) is 5.91 Å². The molecule has 0 saturated carbocycles. The number of thioether (sulfide) groups is 1. The first-order valence-electron chi connectivity index (χ1n) is 9.01. The van der Waals surface area contributed by atoms with Gasteiger partial charge in [0.05, 0.1) is 16.2 Å². The summed E-state index contributed by atoms with van der Waals surface area (Å²) in [4.78, 5) is 32.0. The third-order valence-electron chi connectivity index (χ3n) is 4.64. The number of anilines is 1. The van der Waals surface area contributed by atoms with E-state index in [0.717, 1.165) is 29.7 Å². The average molecular weight is 450 g/mol. The molecule has 29 heavy (non-hydrogen) atoms. The summed E-state index contributed by atoms with van der Waals surface area (Å²) < 4.78 is 14.8. The molecule has 5 nitrogen and oxygen atoms in total. The summed E-state index contributed by atoms with van der Waals surface area (Å²) in [7, 11) is 0. The van der Waals surface area contributed by atoms with Crippen LogP contribution in [0.5, 0.6) is 0 Å². The zero-order valence-corrected chi connectivity index (χ0v) is 17.7. The van der Waals surface area contributed by atoms with Crippen molar-refractivity contribution in [2.45, 2.75) is 31.0 Å². The minimum absolute atomic E-state index is 0.0508. The molecule has 9 heteroatoms. The van der Waals surface area contributed by atoms with Crippen molar-refractivity contribution in [1.82, 2.24) is 9.55 Å². The predicted molar refractivity (Wildman–Crippen MR) is 117 cm³/mol. The number of hydrogen-bond donors (Lipinski definition) is 1. The minimum Gasteiger partial charge on any atom is -0.325 e. The third-order valence-corrected chi connectivity index (χ3v) is 7.09. The number of halogens is 2. The molecule has 0 saturated heterocycles. The summed E-state index contributed by atoms with van der Waals surface area (Å²) in [6, 6.07) is 3.98. The number of thiophene rings is 1. The van der Waals surface area contributed by atoms with Crippen LogP contribution < -0.4 is 10.9 Å². The van der Waals surface area contributed by atoms with E-state index in [9.17, 15) is 14.0 Å². The quantitative estimate of drug-likeness (QED) is 0.338. The maximum Gasteiger partial charge on any atom is 0.263 e. The zero-order chi connectivity index (χ0) is 20.5. The average Bonchev–Trinajstić information content (AvgIpc) is 3.26. The molecule has 3 aromatic rings. The fourth-order valence-corrected chi connectivity index (χ4v) is 5.65. The molecule has 0 aliphatic heterocycles. The Balaban J connectivity index is 1.57. The van der Waals surface area contributed by atoms with E-state index >= 15 is 0 Å². The van der Waals surface area contributed by atoms with E-state index in [0.29, 0.717) is 22.8 Å². The van der Waals surface area contributed by atoms with Crippen molar-refractivity contribution in [1.29, 1.82) is 0 Å². The highest BCUT2D eigenvalue weighted by molar-refractivity contribution is 7.99. The van der Waals surface area contributed by atoms with E-state index in [1.807, 2.05) is 0 Å². The number of nitrogens with one attached hydrogen (secondary N) is 1. The molecule has 4 rings (SSSR count). The van der Waals surface area contributed by atoms with Crippen LogP contribution >= 0.6 is 34.7 Å². The zero-order valence-electron chi connectivity index (χ0n) is 15.3. The number of amides is 1. The van der Waals surface area contributed by atoms with E-state index in [4.69, 9.17) is 11.6 Å². The summed E-state index contributed by atoms with van der Waals surface area (Å²) in [5, 5.41) is 3.80. The van der Waals surface area contributed by atoms with Gasteiger partial charge in [-0.05, 0) is 43.0 Å². The molecular weight excluding hydrogens is 433 g/mol. The molecule has 0 bridgehead atoms. The summed E-state index contributed by atoms with van der Waals surface area (Å²) in [5.41, 5.74) is 1.45. The van der Waals surface area contributed by atoms with Crippen LogP contribution in [0, 0.1) is 5.82 Å². The molecule has 2 aromatic heterocycles. The predicted octanol–water partition coefficient (Wildman–Crippen LogP) is 4.66. The van der Waals surface area contributed by atoms with E-state index in [1.54, 1.807) is 22.0 Å². The fraction of sp³-hybridized carbons (Fsp3) is 0.250. The lowest BCUT2D eigenvalue weighted by molar-refractivity contribution is -0.113. The number of hydrogen-bond acceptors (Lipinski definition) is 5. The van der Waals surface area contributed by atoms with E-state index in [-0.39, 0.29) is 22.2 Å². The summed E-state index contributed by atoms with van der Waals surface area (Å²) in [6.45, 7) is 4.05. The number of fused-ring (bicyclic) bond motifs is 3. The lowest BCUT2D eigenvalue weighted by Gasteiger charge is -2.11. The van der Waals surface area contributed by atoms with Gasteiger partial charge >= 0.3 is 0 Å². The van der Waals surface area contributed by atoms with Gasteiger partial charge in [-0.3, -0.25) is 14.2 Å². The summed E-state index contributed by atoms with van der Waals surface area (Å²) in [6.07, 6.45) is 4.62. The Morgan fingerprint density at radius 1 is 1.45 bits per heavy atom. The molecule has 0 fully saturated rings. The van der Waals surface area contributed by atoms with Crippen LogP contribution in [0.25, 0.3) is 10.2 Å². The van der Waals surface area contributed by atoms with Crippen molar-refractivity contribution in [3.8, 4) is 0 Å². The molecule has 1 amide bonds. The summed E-state index contributed by atoms with van der Waals surface area (Å²) >= 11 is 8.49. The van der Waals surface area contributed by atoms with Crippen molar-refractivity contribution in [3.63, 3.8) is 0 Å². The number of rotatable bonds is 6. The molecule has 1 aliphatic carbocycles. The minimum atomic E-state index is -0.548. The Kier molecular flexibility index (Phi) is 5.76. The Hall–Kier alpha value is -2.16. The van der Waals surface area contributed by atoms with Gasteiger partial charge in [0.25, 0.3) is 5.56 Å². The van der Waals surface area contributed by atoms with E-state index < -0.39 is 5.82 Å². The fourth-order valence-electron chi connectivity index (χ4n) is 3.36. The van der Waals surface area contributed by atoms with Crippen LogP contribution in [0.15, 0.2) is 40.8 Å². The lowest BCUT2D eigenvalue weighted by atomic mass is 10.2. The number of carbonyl (C=O) groups excluding carboxylic acids is 1. The molecule has 1 N–H and O–H groups in total. The summed E-state index contributed by atoms with van der Waals surface area (Å²) in [5.74, 6) is -0.798. The molecule has 2 heterocycles. The molecule has 0 radical (unpaired) electrons. The van der Waals surface area contributed by atoms with Gasteiger partial charge in [-0.2, -0.15) is 0 Å². The molecule has 1 aromatic carbocycles. The highest BCUT2D eigenvalue weighted by atomic mass is 35.5. The highest BCUT2D eigenvalue weighted by Crippen LogP contribution is 2.35. The smallest absolute Gasteiger partial charge is 0.263 e. The van der Waals surface area contributed by atoms with Gasteiger partial charge in [0.15, 0.2) is 5.16 Å². The first-order valence-corrected chi connectivity index (χ1v) is 11.2. The van der Waals surface area contributed by atoms with E-state index in [2.05, 4.69) is 16.9 Å². The Morgan fingerprint density at radius 2 is 2.28 bits per heavy atom. The largest absolute Gasteiger partial charge is 0.325 e. The molecule has 150 valence electrons. The molecule has 1 aliphatic rings. The maximum absolute atomic E-state index is 13.3. The second-order valence-corrected chi connectivity index (χ2v) is 9.04. The van der Waals surface area contributed by atoms with Crippen LogP contribution in [-0.4, -0.2) is 21.2 Å². The van der Waals surface area contributed by atoms with Gasteiger partial charge in [0, 0.05) is 17.1 Å². The van der Waals surface area contributed by atoms with Gasteiger partial charge in [-0.15, -0.1) is 17.9 Å². The molecule has 0 atom stereocenters. The van der Waals surface area contributed by atoms with Crippen LogP contribution in [-0.2, 0) is 24.2 Å². The monoisotopic (exact) mass is 449 g/mol. The second-order valence-electron chi connectivity index (χ2n) is 6.60. The Bertz CT molecular complexity index is 1190. The van der Waals surface area contributed by atoms with Crippen molar-refractivity contribution in [2.24, 2.45) is 0 Å². The highest BCUT2D eigenvalue weighted by Gasteiger charge is 2.23. The third kappa shape index (κ3) is 3.97. The van der Waals surface area contributed by atoms with E-state index in [1.165, 1.54) is 34.8 Å². The Labute approximate surface area is 179 Å². The van der Waals surface area contributed by atoms with Crippen molar-refractivity contribution < 1.29 is 9.18 Å². The second kappa shape index (κ2) is 8.30. The standard InChI is InChI=1S/C20H17ClFN3O2S2/c1-2-8-25-19(27)17-12-4-3-5-15(12)29-18(17)24-20(25)28-10-16(26)23-11-6-7-14(22)13(21)9-11/h2,6-7,9H,1,3-5,8,10H2,(H,23,26). The van der Waals surface area contributed by atoms with Gasteiger partial charge in [-0.1, -0.05) is 29.4 Å². The number of allylic oxidation sites excluding steroid dienone is 1. The first-order chi connectivity index (χ1) is 14.0. The van der Waals surface area contributed by atoms with Gasteiger partial charge in [0.1, 0.15) is 10.6 Å². The Morgan fingerprint density at radius 3 is 3.03 bits per heavy atom. The van der Waals surface area contributed by atoms with Crippen molar-refractivity contribution in [3.05, 3.63) is 62.5 Å². The van der Waals surface area contributed by atoms with Crippen LogP contribution in [0.1, 0.15) is 16.9 Å². The maximum atomic E-state index is 13.3. The molecule has 0 spiro atoms. The lowest BCUT2D eigenvalue weighted by Crippen LogP contribution is -2.24. The normalized spacial score (nSPS) is 12.9.